The third-order valence-corrected chi connectivity index (χ3v) is 1.96. The Hall–Kier alpha value is -1.35. The highest BCUT2D eigenvalue weighted by Crippen LogP contribution is 2.15. The highest BCUT2D eigenvalue weighted by Gasteiger charge is 1.98. The van der Waals surface area contributed by atoms with Crippen LogP contribution in [0.15, 0.2) is 24.3 Å². The molecule has 2 nitrogen and oxygen atoms in total. The molecular formula is C11H11ClFNO. The fourth-order valence-electron chi connectivity index (χ4n) is 1.03. The fourth-order valence-corrected chi connectivity index (χ4v) is 1.18. The maximum Gasteiger partial charge on any atom is 0.217 e. The summed E-state index contributed by atoms with van der Waals surface area (Å²) in [5.41, 5.74) is 0.449. The molecule has 0 unspecified atom stereocenters. The average molecular weight is 228 g/mol. The number of amides is 1. The van der Waals surface area contributed by atoms with Gasteiger partial charge in [0.25, 0.3) is 0 Å². The summed E-state index contributed by atoms with van der Waals surface area (Å²) in [6.45, 7) is 1.81. The van der Waals surface area contributed by atoms with Crippen molar-refractivity contribution in [1.29, 1.82) is 0 Å². The summed E-state index contributed by atoms with van der Waals surface area (Å²) in [5, 5.41) is 2.94. The first-order valence-corrected chi connectivity index (χ1v) is 4.83. The molecule has 80 valence electrons. The molecule has 0 fully saturated rings. The lowest BCUT2D eigenvalue weighted by atomic mass is 10.2. The predicted octanol–water partition coefficient (Wildman–Crippen LogP) is 2.63. The predicted molar refractivity (Wildman–Crippen MR) is 59.1 cm³/mol. The first kappa shape index (κ1) is 11.7. The van der Waals surface area contributed by atoms with E-state index in [4.69, 9.17) is 11.6 Å². The summed E-state index contributed by atoms with van der Waals surface area (Å²) in [4.78, 5) is 10.5. The molecule has 1 amide bonds. The molecule has 0 radical (unpaired) electrons. The first-order valence-electron chi connectivity index (χ1n) is 4.45. The SMILES string of the molecule is CC(=O)NCC=Cc1ccc(Cl)cc1F. The summed E-state index contributed by atoms with van der Waals surface area (Å²) in [7, 11) is 0. The van der Waals surface area contributed by atoms with Gasteiger partial charge in [-0.25, -0.2) is 4.39 Å². The lowest BCUT2D eigenvalue weighted by Gasteiger charge is -1.98. The minimum atomic E-state index is -0.374. The molecule has 0 aromatic heterocycles. The zero-order valence-corrected chi connectivity index (χ0v) is 9.01. The van der Waals surface area contributed by atoms with E-state index in [0.29, 0.717) is 17.1 Å². The molecular weight excluding hydrogens is 217 g/mol. The van der Waals surface area contributed by atoms with Crippen LogP contribution in [0.25, 0.3) is 6.08 Å². The minimum absolute atomic E-state index is 0.115. The lowest BCUT2D eigenvalue weighted by molar-refractivity contribution is -0.118. The number of carbonyl (C=O) groups excluding carboxylic acids is 1. The van der Waals surface area contributed by atoms with Crippen LogP contribution in [0.2, 0.25) is 5.02 Å². The van der Waals surface area contributed by atoms with Crippen LogP contribution in [0.3, 0.4) is 0 Å². The zero-order chi connectivity index (χ0) is 11.3. The second kappa shape index (κ2) is 5.51. The van der Waals surface area contributed by atoms with Crippen LogP contribution in [-0.2, 0) is 4.79 Å². The number of carbonyl (C=O) groups is 1. The van der Waals surface area contributed by atoms with Gasteiger partial charge in [-0.15, -0.1) is 0 Å². The second-order valence-electron chi connectivity index (χ2n) is 3.01. The molecule has 1 rings (SSSR count). The molecule has 0 atom stereocenters. The van der Waals surface area contributed by atoms with E-state index in [2.05, 4.69) is 5.32 Å². The largest absolute Gasteiger partial charge is 0.353 e. The van der Waals surface area contributed by atoms with E-state index in [1.54, 1.807) is 24.3 Å². The van der Waals surface area contributed by atoms with Gasteiger partial charge >= 0.3 is 0 Å². The van der Waals surface area contributed by atoms with Crippen molar-refractivity contribution < 1.29 is 9.18 Å². The third kappa shape index (κ3) is 4.13. The summed E-state index contributed by atoms with van der Waals surface area (Å²) >= 11 is 5.60. The highest BCUT2D eigenvalue weighted by atomic mass is 35.5. The van der Waals surface area contributed by atoms with Crippen LogP contribution in [0, 0.1) is 5.82 Å². The summed E-state index contributed by atoms with van der Waals surface area (Å²) in [6.07, 6.45) is 3.27. The Kier molecular flexibility index (Phi) is 4.31. The van der Waals surface area contributed by atoms with E-state index in [-0.39, 0.29) is 11.7 Å². The van der Waals surface area contributed by atoms with Gasteiger partial charge in [-0.1, -0.05) is 29.8 Å². The molecule has 0 heterocycles. The van der Waals surface area contributed by atoms with E-state index in [1.165, 1.54) is 13.0 Å². The summed E-state index contributed by atoms with van der Waals surface area (Å²) < 4.78 is 13.2. The van der Waals surface area contributed by atoms with Crippen molar-refractivity contribution in [2.75, 3.05) is 6.54 Å². The molecule has 0 aliphatic heterocycles. The molecule has 0 bridgehead atoms. The quantitative estimate of drug-likeness (QED) is 0.845. The fraction of sp³-hybridized carbons (Fsp3) is 0.182. The number of hydrogen-bond acceptors (Lipinski definition) is 1. The Morgan fingerprint density at radius 2 is 2.33 bits per heavy atom. The van der Waals surface area contributed by atoms with E-state index in [0.717, 1.165) is 0 Å². The average Bonchev–Trinajstić information content (AvgIpc) is 2.14. The van der Waals surface area contributed by atoms with Gasteiger partial charge < -0.3 is 5.32 Å². The van der Waals surface area contributed by atoms with Gasteiger partial charge in [-0.2, -0.15) is 0 Å². The van der Waals surface area contributed by atoms with Gasteiger partial charge in [0.05, 0.1) is 0 Å². The van der Waals surface area contributed by atoms with Gasteiger partial charge in [0, 0.05) is 24.1 Å². The van der Waals surface area contributed by atoms with Crippen molar-refractivity contribution in [3.63, 3.8) is 0 Å². The molecule has 1 aromatic rings. The van der Waals surface area contributed by atoms with Crippen molar-refractivity contribution in [3.05, 3.63) is 40.7 Å². The van der Waals surface area contributed by atoms with Crippen molar-refractivity contribution in [3.8, 4) is 0 Å². The molecule has 0 aliphatic rings. The van der Waals surface area contributed by atoms with Gasteiger partial charge in [0.1, 0.15) is 5.82 Å². The number of benzene rings is 1. The normalized spacial score (nSPS) is 10.6. The Bertz CT molecular complexity index is 390. The number of hydrogen-bond donors (Lipinski definition) is 1. The topological polar surface area (TPSA) is 29.1 Å². The number of nitrogens with one attached hydrogen (secondary N) is 1. The van der Waals surface area contributed by atoms with E-state index >= 15 is 0 Å². The van der Waals surface area contributed by atoms with Gasteiger partial charge in [-0.3, -0.25) is 4.79 Å². The van der Waals surface area contributed by atoms with Gasteiger partial charge in [-0.05, 0) is 12.1 Å². The third-order valence-electron chi connectivity index (χ3n) is 1.73. The van der Waals surface area contributed by atoms with E-state index < -0.39 is 0 Å². The molecule has 4 heteroatoms. The Morgan fingerprint density at radius 3 is 2.93 bits per heavy atom. The summed E-state index contributed by atoms with van der Waals surface area (Å²) in [6, 6.07) is 4.45. The minimum Gasteiger partial charge on any atom is -0.353 e. The number of halogens is 2. The van der Waals surface area contributed by atoms with Crippen LogP contribution in [0.4, 0.5) is 4.39 Å². The molecule has 0 saturated heterocycles. The molecule has 0 saturated carbocycles. The van der Waals surface area contributed by atoms with Crippen LogP contribution in [-0.4, -0.2) is 12.5 Å². The maximum atomic E-state index is 13.2. The van der Waals surface area contributed by atoms with Crippen molar-refractivity contribution >= 4 is 23.6 Å². The molecule has 1 aromatic carbocycles. The molecule has 15 heavy (non-hydrogen) atoms. The zero-order valence-electron chi connectivity index (χ0n) is 8.26. The standard InChI is InChI=1S/C11H11ClFNO/c1-8(15)14-6-2-3-9-4-5-10(12)7-11(9)13/h2-5,7H,6H2,1H3,(H,14,15). The molecule has 0 spiro atoms. The van der Waals surface area contributed by atoms with Crippen LogP contribution >= 0.6 is 11.6 Å². The van der Waals surface area contributed by atoms with Gasteiger partial charge in [0.15, 0.2) is 0 Å². The lowest BCUT2D eigenvalue weighted by Crippen LogP contribution is -2.19. The first-order chi connectivity index (χ1) is 7.09. The maximum absolute atomic E-state index is 13.2. The van der Waals surface area contributed by atoms with Gasteiger partial charge in [0.2, 0.25) is 5.91 Å². The Labute approximate surface area is 92.7 Å². The number of rotatable bonds is 3. The molecule has 0 aliphatic carbocycles. The van der Waals surface area contributed by atoms with Crippen molar-refractivity contribution in [2.24, 2.45) is 0 Å². The second-order valence-corrected chi connectivity index (χ2v) is 3.44. The van der Waals surface area contributed by atoms with Crippen LogP contribution < -0.4 is 5.32 Å². The van der Waals surface area contributed by atoms with E-state index in [1.807, 2.05) is 0 Å². The van der Waals surface area contributed by atoms with Crippen LogP contribution in [0.1, 0.15) is 12.5 Å². The van der Waals surface area contributed by atoms with E-state index in [9.17, 15) is 9.18 Å². The summed E-state index contributed by atoms with van der Waals surface area (Å²) in [5.74, 6) is -0.488. The Morgan fingerprint density at radius 1 is 1.60 bits per heavy atom. The smallest absolute Gasteiger partial charge is 0.217 e. The van der Waals surface area contributed by atoms with Crippen molar-refractivity contribution in [2.45, 2.75) is 6.92 Å². The van der Waals surface area contributed by atoms with Crippen molar-refractivity contribution in [1.82, 2.24) is 5.32 Å². The monoisotopic (exact) mass is 227 g/mol. The highest BCUT2D eigenvalue weighted by molar-refractivity contribution is 6.30. The molecule has 1 N–H and O–H groups in total. The Balaban J connectivity index is 2.60. The van der Waals surface area contributed by atoms with Crippen LogP contribution in [0.5, 0.6) is 0 Å².